The minimum atomic E-state index is -0.415. The highest BCUT2D eigenvalue weighted by Crippen LogP contribution is 2.26. The first-order chi connectivity index (χ1) is 10.7. The molecule has 2 aromatic heterocycles. The van der Waals surface area contributed by atoms with Crippen molar-refractivity contribution in [3.05, 3.63) is 64.8 Å². The van der Waals surface area contributed by atoms with Crippen LogP contribution in [-0.4, -0.2) is 19.9 Å². The number of rotatable bonds is 2. The summed E-state index contributed by atoms with van der Waals surface area (Å²) in [4.78, 5) is 22.5. The van der Waals surface area contributed by atoms with Gasteiger partial charge in [0.15, 0.2) is 0 Å². The molecular formula is C16H10N4O2. The Labute approximate surface area is 124 Å². The number of aromatic nitrogens is 3. The summed E-state index contributed by atoms with van der Waals surface area (Å²) >= 11 is 0. The van der Waals surface area contributed by atoms with Crippen LogP contribution in [-0.2, 0) is 0 Å². The van der Waals surface area contributed by atoms with E-state index in [2.05, 4.69) is 15.0 Å². The first-order valence-corrected chi connectivity index (χ1v) is 6.71. The quantitative estimate of drug-likeness (QED) is 0.450. The minimum Gasteiger partial charge on any atom is -0.338 e. The molecule has 2 aromatic carbocycles. The van der Waals surface area contributed by atoms with E-state index in [0.717, 1.165) is 27.5 Å². The van der Waals surface area contributed by atoms with Crippen molar-refractivity contribution >= 4 is 27.6 Å². The SMILES string of the molecule is O=[N+]([O-])c1ccc(-c2nc3c(ccc4ncccc43)[nH]2)cc1. The Morgan fingerprint density at radius 3 is 2.64 bits per heavy atom. The number of hydrogen-bond acceptors (Lipinski definition) is 4. The summed E-state index contributed by atoms with van der Waals surface area (Å²) in [7, 11) is 0. The molecule has 0 atom stereocenters. The predicted molar refractivity (Wildman–Crippen MR) is 83.5 cm³/mol. The van der Waals surface area contributed by atoms with Crippen LogP contribution in [0, 0.1) is 10.1 Å². The van der Waals surface area contributed by atoms with Gasteiger partial charge in [0.25, 0.3) is 5.69 Å². The van der Waals surface area contributed by atoms with Gasteiger partial charge in [0, 0.05) is 29.3 Å². The fraction of sp³-hybridized carbons (Fsp3) is 0. The molecule has 0 spiro atoms. The number of non-ortho nitro benzene ring substituents is 1. The predicted octanol–water partition coefficient (Wildman–Crippen LogP) is 3.69. The third-order valence-electron chi connectivity index (χ3n) is 3.58. The zero-order chi connectivity index (χ0) is 15.1. The van der Waals surface area contributed by atoms with Gasteiger partial charge in [-0.25, -0.2) is 4.98 Å². The molecule has 0 unspecified atom stereocenters. The molecule has 6 nitrogen and oxygen atoms in total. The molecule has 0 saturated carbocycles. The number of nitrogens with one attached hydrogen (secondary N) is 1. The molecule has 0 amide bonds. The van der Waals surface area contributed by atoms with E-state index in [1.807, 2.05) is 24.3 Å². The lowest BCUT2D eigenvalue weighted by Gasteiger charge is -1.96. The van der Waals surface area contributed by atoms with Crippen LogP contribution < -0.4 is 0 Å². The van der Waals surface area contributed by atoms with E-state index in [-0.39, 0.29) is 5.69 Å². The molecule has 106 valence electrons. The topological polar surface area (TPSA) is 84.7 Å². The summed E-state index contributed by atoms with van der Waals surface area (Å²) in [6, 6.07) is 14.1. The van der Waals surface area contributed by atoms with Crippen molar-refractivity contribution in [2.24, 2.45) is 0 Å². The van der Waals surface area contributed by atoms with Crippen molar-refractivity contribution in [1.29, 1.82) is 0 Å². The van der Waals surface area contributed by atoms with Gasteiger partial charge in [-0.1, -0.05) is 0 Å². The number of H-pyrrole nitrogens is 1. The number of nitrogens with zero attached hydrogens (tertiary/aromatic N) is 3. The largest absolute Gasteiger partial charge is 0.338 e. The molecule has 0 radical (unpaired) electrons. The van der Waals surface area contributed by atoms with Gasteiger partial charge >= 0.3 is 0 Å². The molecule has 0 aliphatic carbocycles. The van der Waals surface area contributed by atoms with Gasteiger partial charge in [0.1, 0.15) is 5.82 Å². The van der Waals surface area contributed by atoms with Crippen LogP contribution in [0.2, 0.25) is 0 Å². The fourth-order valence-electron chi connectivity index (χ4n) is 2.50. The van der Waals surface area contributed by atoms with Gasteiger partial charge < -0.3 is 4.98 Å². The summed E-state index contributed by atoms with van der Waals surface area (Å²) < 4.78 is 0. The molecule has 2 heterocycles. The standard InChI is InChI=1S/C16H10N4O2/c21-20(22)11-5-3-10(4-6-11)16-18-14-8-7-13-12(15(14)19-16)2-1-9-17-13/h1-9H,(H,18,19). The maximum atomic E-state index is 10.7. The second kappa shape index (κ2) is 4.63. The maximum Gasteiger partial charge on any atom is 0.269 e. The van der Waals surface area contributed by atoms with Crippen molar-refractivity contribution in [3.63, 3.8) is 0 Å². The van der Waals surface area contributed by atoms with E-state index in [1.165, 1.54) is 12.1 Å². The van der Waals surface area contributed by atoms with Crippen LogP contribution >= 0.6 is 0 Å². The van der Waals surface area contributed by atoms with Gasteiger partial charge in [-0.05, 0) is 36.4 Å². The number of fused-ring (bicyclic) bond motifs is 3. The molecular weight excluding hydrogens is 280 g/mol. The minimum absolute atomic E-state index is 0.0644. The highest BCUT2D eigenvalue weighted by atomic mass is 16.6. The summed E-state index contributed by atoms with van der Waals surface area (Å²) in [6.07, 6.45) is 1.75. The Bertz CT molecular complexity index is 1010. The van der Waals surface area contributed by atoms with E-state index >= 15 is 0 Å². The van der Waals surface area contributed by atoms with Crippen LogP contribution in [0.5, 0.6) is 0 Å². The smallest absolute Gasteiger partial charge is 0.269 e. The van der Waals surface area contributed by atoms with Gasteiger partial charge in [0.2, 0.25) is 0 Å². The van der Waals surface area contributed by atoms with E-state index in [9.17, 15) is 10.1 Å². The van der Waals surface area contributed by atoms with Crippen LogP contribution in [0.15, 0.2) is 54.7 Å². The summed E-state index contributed by atoms with van der Waals surface area (Å²) in [5.41, 5.74) is 3.51. The van der Waals surface area contributed by atoms with E-state index < -0.39 is 4.92 Å². The van der Waals surface area contributed by atoms with Crippen molar-refractivity contribution in [2.45, 2.75) is 0 Å². The molecule has 0 fully saturated rings. The van der Waals surface area contributed by atoms with E-state index in [4.69, 9.17) is 0 Å². The molecule has 0 aliphatic heterocycles. The van der Waals surface area contributed by atoms with Crippen LogP contribution in [0.25, 0.3) is 33.3 Å². The lowest BCUT2D eigenvalue weighted by Crippen LogP contribution is -1.87. The number of pyridine rings is 1. The van der Waals surface area contributed by atoms with Crippen LogP contribution in [0.4, 0.5) is 5.69 Å². The Kier molecular flexibility index (Phi) is 2.62. The van der Waals surface area contributed by atoms with Crippen molar-refractivity contribution < 1.29 is 4.92 Å². The second-order valence-electron chi connectivity index (χ2n) is 4.92. The molecule has 0 bridgehead atoms. The number of benzene rings is 2. The summed E-state index contributed by atoms with van der Waals surface area (Å²) in [5.74, 6) is 0.682. The van der Waals surface area contributed by atoms with Gasteiger partial charge in [0.05, 0.1) is 21.5 Å². The maximum absolute atomic E-state index is 10.7. The average molecular weight is 290 g/mol. The van der Waals surface area contributed by atoms with Crippen molar-refractivity contribution in [2.75, 3.05) is 0 Å². The van der Waals surface area contributed by atoms with Crippen molar-refractivity contribution in [3.8, 4) is 11.4 Å². The highest BCUT2D eigenvalue weighted by Gasteiger charge is 2.10. The molecule has 4 aromatic rings. The molecule has 4 rings (SSSR count). The highest BCUT2D eigenvalue weighted by molar-refractivity contribution is 6.03. The van der Waals surface area contributed by atoms with E-state index in [0.29, 0.717) is 5.82 Å². The fourth-order valence-corrected chi connectivity index (χ4v) is 2.50. The van der Waals surface area contributed by atoms with Crippen LogP contribution in [0.3, 0.4) is 0 Å². The molecule has 0 saturated heterocycles. The zero-order valence-corrected chi connectivity index (χ0v) is 11.4. The third kappa shape index (κ3) is 1.89. The normalized spacial score (nSPS) is 11.1. The number of imidazole rings is 1. The number of nitro groups is 1. The number of nitro benzene ring substituents is 1. The first-order valence-electron chi connectivity index (χ1n) is 6.71. The Balaban J connectivity index is 1.88. The Morgan fingerprint density at radius 1 is 1.05 bits per heavy atom. The van der Waals surface area contributed by atoms with Gasteiger partial charge in [-0.2, -0.15) is 0 Å². The summed E-state index contributed by atoms with van der Waals surface area (Å²) in [6.45, 7) is 0. The van der Waals surface area contributed by atoms with Crippen LogP contribution in [0.1, 0.15) is 0 Å². The molecule has 22 heavy (non-hydrogen) atoms. The van der Waals surface area contributed by atoms with Crippen molar-refractivity contribution in [1.82, 2.24) is 15.0 Å². The first kappa shape index (κ1) is 12.5. The number of aromatic amines is 1. The van der Waals surface area contributed by atoms with E-state index in [1.54, 1.807) is 18.3 Å². The Morgan fingerprint density at radius 2 is 1.86 bits per heavy atom. The second-order valence-corrected chi connectivity index (χ2v) is 4.92. The third-order valence-corrected chi connectivity index (χ3v) is 3.58. The molecule has 6 heteroatoms. The average Bonchev–Trinajstić information content (AvgIpc) is 2.99. The zero-order valence-electron chi connectivity index (χ0n) is 11.4. The van der Waals surface area contributed by atoms with Gasteiger partial charge in [-0.3, -0.25) is 15.1 Å². The number of hydrogen-bond donors (Lipinski definition) is 1. The lowest BCUT2D eigenvalue weighted by atomic mass is 10.2. The Hall–Kier alpha value is -3.28. The lowest BCUT2D eigenvalue weighted by molar-refractivity contribution is -0.384. The monoisotopic (exact) mass is 290 g/mol. The van der Waals surface area contributed by atoms with Gasteiger partial charge in [-0.15, -0.1) is 0 Å². The molecule has 0 aliphatic rings. The summed E-state index contributed by atoms with van der Waals surface area (Å²) in [5, 5.41) is 11.7. The molecule has 1 N–H and O–H groups in total.